The fraction of sp³-hybridized carbons (Fsp3) is 0.402. The van der Waals surface area contributed by atoms with Gasteiger partial charge in [0.05, 0.1) is 69.8 Å². The smallest absolute Gasteiger partial charge is 0.377 e. The van der Waals surface area contributed by atoms with E-state index in [0.717, 1.165) is 63.0 Å². The Morgan fingerprint density at radius 3 is 1.02 bits per heavy atom. The van der Waals surface area contributed by atoms with Gasteiger partial charge in [-0.15, -0.1) is 9.36 Å². The molecule has 0 unspecified atom stereocenters. The first-order chi connectivity index (χ1) is 64.4. The monoisotopic (exact) mass is 2000 g/mol. The molecule has 5 fully saturated rings. The average molecular weight is 2000 g/mol. The van der Waals surface area contributed by atoms with Crippen molar-refractivity contribution in [1.82, 2.24) is 74.9 Å². The van der Waals surface area contributed by atoms with E-state index in [1.807, 2.05) is 97.9 Å². The number of esters is 3. The fourth-order valence-corrected chi connectivity index (χ4v) is 17.6. The number of carbonyl (C=O) groups excluding carboxylic acids is 8. The Morgan fingerprint density at radius 2 is 0.709 bits per heavy atom. The molecule has 0 bridgehead atoms. The number of rotatable bonds is 21. The lowest BCUT2D eigenvalue weighted by molar-refractivity contribution is -0.152. The van der Waals surface area contributed by atoms with Crippen LogP contribution in [0.2, 0.25) is 40.2 Å². The van der Waals surface area contributed by atoms with Crippen molar-refractivity contribution in [3.8, 4) is 17.1 Å². The summed E-state index contributed by atoms with van der Waals surface area (Å²) >= 11 is 47.6. The van der Waals surface area contributed by atoms with Gasteiger partial charge < -0.3 is 39.5 Å². The molecule has 712 valence electrons. The summed E-state index contributed by atoms with van der Waals surface area (Å²) in [5.74, 6) is -2.39. The second-order valence-electron chi connectivity index (χ2n) is 31.4. The van der Waals surface area contributed by atoms with E-state index in [1.165, 1.54) is 11.0 Å². The Labute approximate surface area is 810 Å². The number of tetrazole rings is 3. The number of isocyanates is 1. The summed E-state index contributed by atoms with van der Waals surface area (Å²) in [5.41, 5.74) is 1.87. The van der Waals surface area contributed by atoms with Gasteiger partial charge in [0.1, 0.15) is 54.1 Å². The molecular formula is C92H100Cl8N16O18. The van der Waals surface area contributed by atoms with Gasteiger partial charge in [-0.2, -0.15) is 19.0 Å². The number of nitrogens with one attached hydrogen (secondary N) is 2. The molecule has 5 aliphatic carbocycles. The zero-order valence-corrected chi connectivity index (χ0v) is 79.4. The molecule has 0 aliphatic heterocycles. The Bertz CT molecular complexity index is 5750. The van der Waals surface area contributed by atoms with Crippen molar-refractivity contribution in [3.63, 3.8) is 0 Å². The predicted molar refractivity (Wildman–Crippen MR) is 503 cm³/mol. The van der Waals surface area contributed by atoms with Crippen LogP contribution in [-0.4, -0.2) is 177 Å². The fourth-order valence-electron chi connectivity index (χ4n) is 15.4. The number of hydrogen-bond acceptors (Lipinski definition) is 24. The third kappa shape index (κ3) is 31.0. The lowest BCUT2D eigenvalue weighted by Gasteiger charge is -2.35. The summed E-state index contributed by atoms with van der Waals surface area (Å²) in [6.07, 6.45) is 14.2. The summed E-state index contributed by atoms with van der Waals surface area (Å²) in [6.45, 7) is 8.45. The molecule has 34 nitrogen and oxygen atoms in total. The lowest BCUT2D eigenvalue weighted by atomic mass is 9.85. The summed E-state index contributed by atoms with van der Waals surface area (Å²) in [7, 11) is 0. The van der Waals surface area contributed by atoms with Crippen LogP contribution in [-0.2, 0) is 72.4 Å². The van der Waals surface area contributed by atoms with Crippen molar-refractivity contribution in [1.29, 1.82) is 0 Å². The summed E-state index contributed by atoms with van der Waals surface area (Å²) in [5, 5.41) is 47.4. The number of halogens is 8. The van der Waals surface area contributed by atoms with Crippen molar-refractivity contribution in [2.75, 3.05) is 19.6 Å². The number of para-hydroxylation sites is 4. The van der Waals surface area contributed by atoms with E-state index in [0.29, 0.717) is 170 Å². The lowest BCUT2D eigenvalue weighted by Crippen LogP contribution is -2.47. The number of nitrogens with zero attached hydrogens (tertiary/aromatic N) is 14. The quantitative estimate of drug-likeness (QED) is 0.0171. The molecule has 0 spiro atoms. The second-order valence-corrected chi connectivity index (χ2v) is 34.7. The number of aliphatic carboxylic acids is 2. The Kier molecular flexibility index (Phi) is 42.9. The van der Waals surface area contributed by atoms with Crippen molar-refractivity contribution < 1.29 is 72.4 Å². The van der Waals surface area contributed by atoms with Crippen LogP contribution >= 0.6 is 92.8 Å². The van der Waals surface area contributed by atoms with Crippen LogP contribution in [0.5, 0.6) is 0 Å². The van der Waals surface area contributed by atoms with Crippen LogP contribution in [0.4, 0.5) is 15.3 Å². The number of carboxylic acid groups (broad SMARTS) is 2. The van der Waals surface area contributed by atoms with E-state index >= 15 is 0 Å². The number of carbonyl (C=O) groups is 9. The molecule has 5 saturated carbocycles. The molecule has 3 heterocycles. The normalized spacial score (nSPS) is 17.5. The van der Waals surface area contributed by atoms with Crippen molar-refractivity contribution in [2.45, 2.75) is 187 Å². The molecule has 0 atom stereocenters. The third-order valence-corrected chi connectivity index (χ3v) is 25.1. The average Bonchev–Trinajstić information content (AvgIpc) is 1.64. The number of aromatic nitrogens is 12. The molecule has 134 heavy (non-hydrogen) atoms. The van der Waals surface area contributed by atoms with Crippen molar-refractivity contribution >= 4 is 158 Å². The van der Waals surface area contributed by atoms with Crippen LogP contribution in [0.15, 0.2) is 183 Å². The summed E-state index contributed by atoms with van der Waals surface area (Å²) in [4.78, 5) is 159. The van der Waals surface area contributed by atoms with Crippen LogP contribution in [0.25, 0.3) is 17.1 Å². The van der Waals surface area contributed by atoms with Gasteiger partial charge in [0, 0.05) is 56.9 Å². The molecule has 5 aliphatic rings. The number of aromatic amines is 1. The van der Waals surface area contributed by atoms with Crippen LogP contribution in [0.1, 0.15) is 166 Å². The molecule has 4 N–H and O–H groups in total. The number of H-pyrrole nitrogens is 1. The zero-order chi connectivity index (χ0) is 96.9. The van der Waals surface area contributed by atoms with E-state index in [-0.39, 0.29) is 109 Å². The summed E-state index contributed by atoms with van der Waals surface area (Å²) in [6, 6.07) is 47.4. The maximum Gasteiger partial charge on any atom is 0.377 e. The number of benzene rings is 7. The Balaban J connectivity index is 0.000000183. The maximum absolute atomic E-state index is 13.2. The standard InChI is InChI=1S/C24H25Cl2N5O4.C17H19Cl2N5O4.C16H23NO2.C14H16O3.C7H4Cl2N4O.C7H3Cl2NO.C7H10O3/c1-2-29(18-13-11-17(12-14-18)22(32)35-15-16-7-4-3-5-8-16)23(33)31-24(34)30(27-28-31)21-19(25)9-6-10-20(21)26;1-2-22(11-8-6-10(7-9-11)15(25)26)16(27)24-17(28)23(20-21-24)14-12(18)4-3-5-13(14)19;1-2-17-15-10-8-14(9-11-15)16(18)19-12-13-6-4-3-5-7-13;15-13-8-6-12(7-9-13)14(16)17-10-11-4-2-1-3-5-11;8-4-2-1-3-5(9)6(4)13-7(14)10-11-12-13;8-5-2-1-3-6(9)7(5)10-4-11;8-6-3-1-5(2-4-6)7(9)10/h3-10,17-18H,2,11-15H2,1H3;3-5,10-11H,2,6-9H2,1H3,(H,25,26);3-7,14-15,17H,2,8-12H2,1H3;1-5,12H,6-10H2;1-3H,(H,10,12,14);1-3H;5H,1-4H2,(H,9,10). The highest BCUT2D eigenvalue weighted by atomic mass is 35.5. The van der Waals surface area contributed by atoms with Gasteiger partial charge in [0.25, 0.3) is 0 Å². The zero-order valence-electron chi connectivity index (χ0n) is 73.3. The molecule has 0 radical (unpaired) electrons. The highest BCUT2D eigenvalue weighted by Crippen LogP contribution is 2.36. The number of ether oxygens (including phenoxy) is 3. The Hall–Kier alpha value is -11.6. The van der Waals surface area contributed by atoms with Gasteiger partial charge in [0.15, 0.2) is 0 Å². The van der Waals surface area contributed by atoms with Crippen LogP contribution < -0.4 is 22.4 Å². The minimum atomic E-state index is -0.816. The van der Waals surface area contributed by atoms with Crippen molar-refractivity contribution in [3.05, 3.63) is 252 Å². The van der Waals surface area contributed by atoms with Crippen LogP contribution in [0, 0.1) is 29.6 Å². The Morgan fingerprint density at radius 1 is 0.403 bits per heavy atom. The first-order valence-corrected chi connectivity index (χ1v) is 46.4. The van der Waals surface area contributed by atoms with Crippen molar-refractivity contribution in [2.24, 2.45) is 34.6 Å². The highest BCUT2D eigenvalue weighted by molar-refractivity contribution is 6.40. The minimum Gasteiger partial charge on any atom is -0.481 e. The maximum atomic E-state index is 13.2. The third-order valence-electron chi connectivity index (χ3n) is 22.7. The van der Waals surface area contributed by atoms with E-state index in [1.54, 1.807) is 84.6 Å². The number of ketones is 2. The molecule has 42 heteroatoms. The number of amides is 2. The largest absolute Gasteiger partial charge is 0.481 e. The number of carboxylic acids is 2. The molecule has 2 amide bonds. The number of Topliss-reactive ketones (excluding diaryl/α,β-unsaturated/α-hetero) is 2. The van der Waals surface area contributed by atoms with Gasteiger partial charge in [-0.05, 0) is 220 Å². The minimum absolute atomic E-state index is 0.0289. The van der Waals surface area contributed by atoms with E-state index in [4.69, 9.17) is 117 Å². The SMILES string of the molecule is CCN(C(=O)n1nnn(-c2c(Cl)cccc2Cl)c1=O)C1CCC(C(=O)O)CC1.CCN(C(=O)n1nnn(-c2c(Cl)cccc2Cl)c1=O)C1CCC(C(=O)OCc2ccccc2)CC1.CCNC1CCC(C(=O)OCc2ccccc2)CC1.O=C1CCC(C(=O)O)CC1.O=C1CCC(C(=O)OCc2ccccc2)CC1.O=C=Nc1c(Cl)cccc1Cl.O=c1[nH]nnn1-c1c(Cl)cccc1Cl. The predicted octanol–water partition coefficient (Wildman–Crippen LogP) is 17.4. The second kappa shape index (κ2) is 54.1. The van der Waals surface area contributed by atoms with E-state index in [9.17, 15) is 62.3 Å². The number of aliphatic imine (C=N–C) groups is 1. The first-order valence-electron chi connectivity index (χ1n) is 43.4. The molecule has 7 aromatic carbocycles. The van der Waals surface area contributed by atoms with Gasteiger partial charge in [0.2, 0.25) is 6.08 Å². The molecular weight excluding hydrogens is 1900 g/mol. The summed E-state index contributed by atoms with van der Waals surface area (Å²) < 4.78 is 20.3. The highest BCUT2D eigenvalue weighted by Gasteiger charge is 2.37. The molecule has 15 rings (SSSR count). The van der Waals surface area contributed by atoms with E-state index < -0.39 is 47.0 Å². The molecule has 0 saturated heterocycles. The van der Waals surface area contributed by atoms with Gasteiger partial charge in [-0.25, -0.2) is 33.9 Å². The first kappa shape index (κ1) is 106. The number of hydrogen-bond donors (Lipinski definition) is 4. The van der Waals surface area contributed by atoms with Gasteiger partial charge >= 0.3 is 59.0 Å². The van der Waals surface area contributed by atoms with E-state index in [2.05, 4.69) is 53.6 Å². The molecule has 3 aromatic heterocycles. The van der Waals surface area contributed by atoms with Crippen LogP contribution in [0.3, 0.4) is 0 Å². The van der Waals surface area contributed by atoms with Gasteiger partial charge in [-0.3, -0.25) is 33.6 Å². The molecule has 10 aromatic rings. The van der Waals surface area contributed by atoms with Gasteiger partial charge in [-0.1, -0.05) is 215 Å². The topological polar surface area (TPSA) is 439 Å².